The van der Waals surface area contributed by atoms with Crippen molar-refractivity contribution >= 4 is 0 Å². The third-order valence-electron chi connectivity index (χ3n) is 0.826. The van der Waals surface area contributed by atoms with Crippen LogP contribution in [0.15, 0.2) is 0 Å². The van der Waals surface area contributed by atoms with E-state index < -0.39 is 0 Å². The van der Waals surface area contributed by atoms with Crippen LogP contribution in [0.4, 0.5) is 0 Å². The molecule has 0 aromatic heterocycles. The van der Waals surface area contributed by atoms with Crippen LogP contribution < -0.4 is 0 Å². The Kier molecular flexibility index (Phi) is 6.84. The Morgan fingerprint density at radius 1 is 1.22 bits per heavy atom. The Morgan fingerprint density at radius 2 is 2.00 bits per heavy atom. The largest absolute Gasteiger partial charge is 0.447 e. The maximum absolute atomic E-state index is 4.92. The van der Waals surface area contributed by atoms with Gasteiger partial charge in [-0.3, -0.25) is 0 Å². The van der Waals surface area contributed by atoms with Gasteiger partial charge >= 0.3 is 0 Å². The van der Waals surface area contributed by atoms with Crippen molar-refractivity contribution in [2.75, 3.05) is 6.61 Å². The molecule has 0 aliphatic carbocycles. The molecule has 9 heavy (non-hydrogen) atoms. The lowest BCUT2D eigenvalue weighted by Gasteiger charge is -1.88. The van der Waals surface area contributed by atoms with E-state index in [-0.39, 0.29) is 0 Å². The second kappa shape index (κ2) is 7.36. The van der Waals surface area contributed by atoms with E-state index >= 15 is 0 Å². The quantitative estimate of drug-likeness (QED) is 0.416. The SMILES string of the molecule is CCCC#COCCC. The van der Waals surface area contributed by atoms with Gasteiger partial charge in [0.05, 0.1) is 6.61 Å². The zero-order valence-corrected chi connectivity index (χ0v) is 6.24. The molecule has 0 aromatic carbocycles. The van der Waals surface area contributed by atoms with E-state index in [0.29, 0.717) is 0 Å². The molecule has 0 heterocycles. The summed E-state index contributed by atoms with van der Waals surface area (Å²) in [6.07, 6.45) is 5.74. The summed E-state index contributed by atoms with van der Waals surface area (Å²) in [4.78, 5) is 0. The Balaban J connectivity index is 2.96. The van der Waals surface area contributed by atoms with Crippen LogP contribution >= 0.6 is 0 Å². The van der Waals surface area contributed by atoms with Gasteiger partial charge < -0.3 is 4.74 Å². The van der Waals surface area contributed by atoms with E-state index in [1.54, 1.807) is 0 Å². The first-order chi connectivity index (χ1) is 4.41. The van der Waals surface area contributed by atoms with E-state index in [4.69, 9.17) is 4.74 Å². The molecule has 0 radical (unpaired) electrons. The van der Waals surface area contributed by atoms with E-state index in [1.807, 2.05) is 0 Å². The molecule has 1 nitrogen and oxygen atoms in total. The van der Waals surface area contributed by atoms with Crippen LogP contribution in [0.2, 0.25) is 0 Å². The maximum Gasteiger partial charge on any atom is 0.110 e. The van der Waals surface area contributed by atoms with Gasteiger partial charge in [0, 0.05) is 6.42 Å². The van der Waals surface area contributed by atoms with Crippen LogP contribution in [0, 0.1) is 12.0 Å². The lowest BCUT2D eigenvalue weighted by Crippen LogP contribution is -1.82. The predicted molar refractivity (Wildman–Crippen MR) is 38.9 cm³/mol. The fourth-order valence-corrected chi connectivity index (χ4v) is 0.380. The maximum atomic E-state index is 4.92. The monoisotopic (exact) mass is 126 g/mol. The van der Waals surface area contributed by atoms with Gasteiger partial charge in [-0.1, -0.05) is 19.8 Å². The Morgan fingerprint density at radius 3 is 2.56 bits per heavy atom. The highest BCUT2D eigenvalue weighted by molar-refractivity contribution is 4.90. The van der Waals surface area contributed by atoms with Crippen molar-refractivity contribution in [2.24, 2.45) is 0 Å². The molecule has 0 aliphatic rings. The summed E-state index contributed by atoms with van der Waals surface area (Å²) in [5, 5.41) is 0. The van der Waals surface area contributed by atoms with Crippen LogP contribution in [0.1, 0.15) is 33.1 Å². The Bertz CT molecular complexity index is 96.9. The van der Waals surface area contributed by atoms with Gasteiger partial charge in [-0.05, 0) is 12.8 Å². The Labute approximate surface area is 57.4 Å². The van der Waals surface area contributed by atoms with Crippen LogP contribution in [0.3, 0.4) is 0 Å². The zero-order valence-electron chi connectivity index (χ0n) is 6.24. The fourth-order valence-electron chi connectivity index (χ4n) is 0.380. The van der Waals surface area contributed by atoms with E-state index in [2.05, 4.69) is 25.9 Å². The van der Waals surface area contributed by atoms with Crippen LogP contribution in [-0.2, 0) is 4.74 Å². The van der Waals surface area contributed by atoms with Gasteiger partial charge in [-0.25, -0.2) is 0 Å². The summed E-state index contributed by atoms with van der Waals surface area (Å²) >= 11 is 0. The summed E-state index contributed by atoms with van der Waals surface area (Å²) < 4.78 is 4.92. The van der Waals surface area contributed by atoms with E-state index in [1.165, 1.54) is 0 Å². The summed E-state index contributed by atoms with van der Waals surface area (Å²) in [5.74, 6) is 2.90. The highest BCUT2D eigenvalue weighted by Gasteiger charge is 1.73. The molecule has 0 aliphatic heterocycles. The molecular formula is C8H14O. The number of hydrogen-bond acceptors (Lipinski definition) is 1. The van der Waals surface area contributed by atoms with Gasteiger partial charge in [0.25, 0.3) is 0 Å². The molecule has 0 amide bonds. The zero-order chi connectivity index (χ0) is 6.95. The fraction of sp³-hybridized carbons (Fsp3) is 0.750. The second-order valence-corrected chi connectivity index (χ2v) is 1.88. The molecule has 0 fully saturated rings. The van der Waals surface area contributed by atoms with Gasteiger partial charge in [0.2, 0.25) is 0 Å². The smallest absolute Gasteiger partial charge is 0.110 e. The molecule has 0 aromatic rings. The third kappa shape index (κ3) is 7.36. The minimum absolute atomic E-state index is 0.761. The predicted octanol–water partition coefficient (Wildman–Crippen LogP) is 2.17. The number of hydrogen-bond donors (Lipinski definition) is 0. The van der Waals surface area contributed by atoms with Gasteiger partial charge in [0.15, 0.2) is 0 Å². The molecule has 0 saturated heterocycles. The highest BCUT2D eigenvalue weighted by Crippen LogP contribution is 1.82. The van der Waals surface area contributed by atoms with Crippen molar-refractivity contribution in [3.8, 4) is 12.0 Å². The minimum atomic E-state index is 0.761. The first-order valence-corrected chi connectivity index (χ1v) is 3.51. The average molecular weight is 126 g/mol. The normalized spacial score (nSPS) is 7.78. The highest BCUT2D eigenvalue weighted by atomic mass is 16.5. The van der Waals surface area contributed by atoms with Crippen molar-refractivity contribution in [3.05, 3.63) is 0 Å². The molecule has 0 bridgehead atoms. The van der Waals surface area contributed by atoms with E-state index in [9.17, 15) is 0 Å². The first kappa shape index (κ1) is 8.36. The average Bonchev–Trinajstić information content (AvgIpc) is 1.89. The second-order valence-electron chi connectivity index (χ2n) is 1.88. The number of rotatable bonds is 3. The third-order valence-corrected chi connectivity index (χ3v) is 0.826. The summed E-state index contributed by atoms with van der Waals surface area (Å²) in [6.45, 7) is 4.94. The molecule has 0 N–H and O–H groups in total. The van der Waals surface area contributed by atoms with Gasteiger partial charge in [0.1, 0.15) is 6.11 Å². The van der Waals surface area contributed by atoms with Crippen molar-refractivity contribution in [1.29, 1.82) is 0 Å². The topological polar surface area (TPSA) is 9.23 Å². The van der Waals surface area contributed by atoms with Crippen molar-refractivity contribution in [2.45, 2.75) is 33.1 Å². The van der Waals surface area contributed by atoms with Crippen molar-refractivity contribution < 1.29 is 4.74 Å². The molecule has 52 valence electrons. The standard InChI is InChI=1S/C8H14O/c1-3-5-6-8-9-7-4-2/h3-5,7H2,1-2H3. The summed E-state index contributed by atoms with van der Waals surface area (Å²) in [7, 11) is 0. The molecule has 1 heteroatoms. The molecule has 0 unspecified atom stereocenters. The van der Waals surface area contributed by atoms with E-state index in [0.717, 1.165) is 25.9 Å². The molecule has 0 spiro atoms. The lowest BCUT2D eigenvalue weighted by molar-refractivity contribution is 0.277. The molecule has 0 rings (SSSR count). The van der Waals surface area contributed by atoms with Crippen LogP contribution in [-0.4, -0.2) is 6.61 Å². The van der Waals surface area contributed by atoms with Gasteiger partial charge in [-0.15, -0.1) is 0 Å². The number of ether oxygens (including phenoxy) is 1. The Hall–Kier alpha value is -0.640. The summed E-state index contributed by atoms with van der Waals surface area (Å²) in [5.41, 5.74) is 0. The van der Waals surface area contributed by atoms with Crippen LogP contribution in [0.5, 0.6) is 0 Å². The summed E-state index contributed by atoms with van der Waals surface area (Å²) in [6, 6.07) is 0. The molecular weight excluding hydrogens is 112 g/mol. The minimum Gasteiger partial charge on any atom is -0.447 e. The van der Waals surface area contributed by atoms with Crippen LogP contribution in [0.25, 0.3) is 0 Å². The van der Waals surface area contributed by atoms with Crippen molar-refractivity contribution in [3.63, 3.8) is 0 Å². The molecule has 0 atom stereocenters. The lowest BCUT2D eigenvalue weighted by atomic mass is 10.4. The first-order valence-electron chi connectivity index (χ1n) is 3.51. The van der Waals surface area contributed by atoms with Crippen molar-refractivity contribution in [1.82, 2.24) is 0 Å². The molecule has 0 saturated carbocycles. The number of unbranched alkanes of at least 4 members (excludes halogenated alkanes) is 1. The van der Waals surface area contributed by atoms with Gasteiger partial charge in [-0.2, -0.15) is 0 Å².